The maximum Gasteiger partial charge on any atom is 0.260 e. The van der Waals surface area contributed by atoms with Gasteiger partial charge in [0.2, 0.25) is 0 Å². The van der Waals surface area contributed by atoms with Gasteiger partial charge in [-0.05, 0) is 43.9 Å². The van der Waals surface area contributed by atoms with Gasteiger partial charge in [0.25, 0.3) is 5.91 Å². The van der Waals surface area contributed by atoms with Gasteiger partial charge in [-0.25, -0.2) is 4.98 Å². The zero-order chi connectivity index (χ0) is 22.7. The molecule has 9 nitrogen and oxygen atoms in total. The Morgan fingerprint density at radius 1 is 1.22 bits per heavy atom. The van der Waals surface area contributed by atoms with Crippen molar-refractivity contribution in [2.24, 2.45) is 0 Å². The van der Waals surface area contributed by atoms with Crippen molar-refractivity contribution in [1.82, 2.24) is 24.4 Å². The van der Waals surface area contributed by atoms with E-state index in [0.29, 0.717) is 22.8 Å². The van der Waals surface area contributed by atoms with Crippen molar-refractivity contribution < 1.29 is 14.6 Å². The van der Waals surface area contributed by atoms with E-state index in [1.165, 1.54) is 7.11 Å². The lowest BCUT2D eigenvalue weighted by atomic mass is 9.93. The Morgan fingerprint density at radius 3 is 2.75 bits per heavy atom. The van der Waals surface area contributed by atoms with Crippen LogP contribution in [0.1, 0.15) is 55.9 Å². The standard InChI is InChI=1S/C21H22N6O3.C2H6/c1-30-18-10-17-13(12-26(25-17)14-4-6-15(28)7-5-14)9-16(18)21(29)24-20-11-22-19-3-2-8-23-27(19)20;1-2/h2-3,8-12,14-15,28H,4-7H2,1H3,(H,24,29);1-2H3. The summed E-state index contributed by atoms with van der Waals surface area (Å²) in [5, 5.41) is 22.4. The number of fused-ring (bicyclic) bond motifs is 2. The predicted molar refractivity (Wildman–Crippen MR) is 122 cm³/mol. The number of aliphatic hydroxyl groups is 1. The minimum atomic E-state index is -0.310. The fraction of sp³-hybridized carbons (Fsp3) is 0.391. The molecule has 0 saturated heterocycles. The summed E-state index contributed by atoms with van der Waals surface area (Å²) in [5.41, 5.74) is 1.83. The highest BCUT2D eigenvalue weighted by molar-refractivity contribution is 6.08. The molecule has 0 radical (unpaired) electrons. The number of aromatic nitrogens is 5. The average Bonchev–Trinajstić information content (AvgIpc) is 3.44. The molecule has 1 aromatic carbocycles. The minimum absolute atomic E-state index is 0.212. The highest BCUT2D eigenvalue weighted by Crippen LogP contribution is 2.31. The quantitative estimate of drug-likeness (QED) is 0.503. The van der Waals surface area contributed by atoms with Crippen LogP contribution in [-0.4, -0.2) is 48.6 Å². The van der Waals surface area contributed by atoms with E-state index in [-0.39, 0.29) is 18.1 Å². The van der Waals surface area contributed by atoms with Crippen LogP contribution < -0.4 is 10.1 Å². The maximum atomic E-state index is 13.0. The molecule has 0 bridgehead atoms. The van der Waals surface area contributed by atoms with Gasteiger partial charge >= 0.3 is 0 Å². The molecule has 1 saturated carbocycles. The second-order valence-corrected chi connectivity index (χ2v) is 7.57. The first-order valence-corrected chi connectivity index (χ1v) is 11.0. The molecule has 9 heteroatoms. The van der Waals surface area contributed by atoms with E-state index in [9.17, 15) is 9.90 Å². The van der Waals surface area contributed by atoms with Crippen LogP contribution in [0.25, 0.3) is 16.6 Å². The molecule has 1 aliphatic carbocycles. The Bertz CT molecular complexity index is 1220. The summed E-state index contributed by atoms with van der Waals surface area (Å²) in [6.45, 7) is 4.00. The largest absolute Gasteiger partial charge is 0.496 e. The first-order valence-electron chi connectivity index (χ1n) is 11.0. The fourth-order valence-corrected chi connectivity index (χ4v) is 4.03. The van der Waals surface area contributed by atoms with Gasteiger partial charge in [-0.1, -0.05) is 13.8 Å². The number of nitrogens with one attached hydrogen (secondary N) is 1. The van der Waals surface area contributed by atoms with E-state index in [4.69, 9.17) is 4.74 Å². The van der Waals surface area contributed by atoms with Crippen LogP contribution in [0, 0.1) is 0 Å². The first kappa shape index (κ1) is 21.8. The van der Waals surface area contributed by atoms with E-state index in [2.05, 4.69) is 20.5 Å². The lowest BCUT2D eigenvalue weighted by Gasteiger charge is -2.25. The highest BCUT2D eigenvalue weighted by Gasteiger charge is 2.23. The molecule has 168 valence electrons. The topological polar surface area (TPSA) is 107 Å². The molecular weight excluding hydrogens is 408 g/mol. The number of carbonyl (C=O) groups is 1. The number of amides is 1. The second kappa shape index (κ2) is 9.35. The Morgan fingerprint density at radius 2 is 2.00 bits per heavy atom. The van der Waals surface area contributed by atoms with Crippen molar-refractivity contribution in [2.45, 2.75) is 51.7 Å². The number of nitrogens with zero attached hydrogens (tertiary/aromatic N) is 5. The third-order valence-electron chi connectivity index (χ3n) is 5.65. The van der Waals surface area contributed by atoms with Crippen LogP contribution in [0.2, 0.25) is 0 Å². The van der Waals surface area contributed by atoms with Gasteiger partial charge in [-0.3, -0.25) is 9.48 Å². The Kier molecular flexibility index (Phi) is 6.36. The maximum absolute atomic E-state index is 13.0. The second-order valence-electron chi connectivity index (χ2n) is 7.57. The first-order chi connectivity index (χ1) is 15.6. The van der Waals surface area contributed by atoms with Crippen LogP contribution >= 0.6 is 0 Å². The van der Waals surface area contributed by atoms with Crippen LogP contribution in [0.15, 0.2) is 42.9 Å². The summed E-state index contributed by atoms with van der Waals surface area (Å²) in [7, 11) is 1.53. The van der Waals surface area contributed by atoms with Crippen molar-refractivity contribution in [3.8, 4) is 5.75 Å². The van der Waals surface area contributed by atoms with Gasteiger partial charge in [-0.2, -0.15) is 14.7 Å². The lowest BCUT2D eigenvalue weighted by molar-refractivity contribution is 0.102. The molecule has 0 atom stereocenters. The summed E-state index contributed by atoms with van der Waals surface area (Å²) in [5.74, 6) is 0.620. The molecule has 2 N–H and O–H groups in total. The summed E-state index contributed by atoms with van der Waals surface area (Å²) >= 11 is 0. The number of hydrogen-bond acceptors (Lipinski definition) is 6. The SMILES string of the molecule is CC.COc1cc2nn(C3CCC(O)CC3)cc2cc1C(=O)Nc1cnc2cccnn12. The summed E-state index contributed by atoms with van der Waals surface area (Å²) < 4.78 is 8.99. The Balaban J connectivity index is 0.00000119. The van der Waals surface area contributed by atoms with E-state index in [0.717, 1.165) is 36.6 Å². The van der Waals surface area contributed by atoms with Crippen molar-refractivity contribution in [3.05, 3.63) is 48.4 Å². The van der Waals surface area contributed by atoms with Crippen LogP contribution in [0.4, 0.5) is 5.82 Å². The fourth-order valence-electron chi connectivity index (χ4n) is 4.03. The summed E-state index contributed by atoms with van der Waals surface area (Å²) in [6.07, 6.45) is 8.30. The molecule has 5 rings (SSSR count). The number of methoxy groups -OCH3 is 1. The number of imidazole rings is 1. The Labute approximate surface area is 186 Å². The third-order valence-corrected chi connectivity index (χ3v) is 5.65. The molecule has 4 aromatic rings. The monoisotopic (exact) mass is 436 g/mol. The summed E-state index contributed by atoms with van der Waals surface area (Å²) in [4.78, 5) is 17.3. The van der Waals surface area contributed by atoms with E-state index >= 15 is 0 Å². The van der Waals surface area contributed by atoms with Crippen molar-refractivity contribution in [1.29, 1.82) is 0 Å². The summed E-state index contributed by atoms with van der Waals surface area (Å²) in [6, 6.07) is 7.43. The molecule has 1 fully saturated rings. The zero-order valence-electron chi connectivity index (χ0n) is 18.5. The van der Waals surface area contributed by atoms with Crippen LogP contribution in [0.5, 0.6) is 5.75 Å². The van der Waals surface area contributed by atoms with Gasteiger partial charge in [0.05, 0.1) is 36.5 Å². The molecule has 3 heterocycles. The Hall–Kier alpha value is -3.46. The number of hydrogen-bond donors (Lipinski definition) is 2. The number of benzene rings is 1. The molecule has 0 aliphatic heterocycles. The van der Waals surface area contributed by atoms with Crippen molar-refractivity contribution in [3.63, 3.8) is 0 Å². The minimum Gasteiger partial charge on any atom is -0.496 e. The average molecular weight is 437 g/mol. The zero-order valence-corrected chi connectivity index (χ0v) is 18.5. The van der Waals surface area contributed by atoms with Gasteiger partial charge < -0.3 is 15.2 Å². The van der Waals surface area contributed by atoms with Gasteiger partial charge in [-0.15, -0.1) is 0 Å². The number of carbonyl (C=O) groups excluding carboxylic acids is 1. The number of aliphatic hydroxyl groups excluding tert-OH is 1. The smallest absolute Gasteiger partial charge is 0.260 e. The number of ether oxygens (including phenoxy) is 1. The van der Waals surface area contributed by atoms with E-state index < -0.39 is 0 Å². The van der Waals surface area contributed by atoms with Gasteiger partial charge in [0.1, 0.15) is 5.75 Å². The molecule has 32 heavy (non-hydrogen) atoms. The normalized spacial score (nSPS) is 18.2. The van der Waals surface area contributed by atoms with E-state index in [1.807, 2.05) is 30.8 Å². The van der Waals surface area contributed by atoms with Crippen LogP contribution in [-0.2, 0) is 0 Å². The predicted octanol–water partition coefficient (Wildman–Crippen LogP) is 3.84. The number of anilines is 1. The van der Waals surface area contributed by atoms with Gasteiger partial charge in [0.15, 0.2) is 11.5 Å². The molecule has 1 aliphatic rings. The van der Waals surface area contributed by atoms with Gasteiger partial charge in [0, 0.05) is 23.8 Å². The molecule has 0 spiro atoms. The van der Waals surface area contributed by atoms with Crippen molar-refractivity contribution >= 4 is 28.3 Å². The van der Waals surface area contributed by atoms with Crippen molar-refractivity contribution in [2.75, 3.05) is 12.4 Å². The molecule has 1 amide bonds. The van der Waals surface area contributed by atoms with Crippen LogP contribution in [0.3, 0.4) is 0 Å². The lowest BCUT2D eigenvalue weighted by Crippen LogP contribution is -2.21. The molecular formula is C23H28N6O3. The molecule has 3 aromatic heterocycles. The molecule has 0 unspecified atom stereocenters. The third kappa shape index (κ3) is 4.16. The highest BCUT2D eigenvalue weighted by atomic mass is 16.5. The number of rotatable bonds is 4. The van der Waals surface area contributed by atoms with E-state index in [1.54, 1.807) is 35.1 Å².